The minimum Gasteiger partial charge on any atom is -0.491 e. The van der Waals surface area contributed by atoms with Crippen LogP contribution in [0.1, 0.15) is 22.3 Å². The Kier molecular flexibility index (Phi) is 6.41. The van der Waals surface area contributed by atoms with Crippen molar-refractivity contribution in [1.82, 2.24) is 14.8 Å². The van der Waals surface area contributed by atoms with Crippen molar-refractivity contribution in [2.75, 3.05) is 25.4 Å². The number of nitrogens with zero attached hydrogens (tertiary/aromatic N) is 3. The normalized spacial score (nSPS) is 15.9. The van der Waals surface area contributed by atoms with Crippen molar-refractivity contribution in [2.24, 2.45) is 0 Å². The van der Waals surface area contributed by atoms with E-state index in [0.29, 0.717) is 25.4 Å². The molecular weight excluding hydrogens is 418 g/mol. The van der Waals surface area contributed by atoms with Crippen molar-refractivity contribution >= 4 is 17.7 Å². The van der Waals surface area contributed by atoms with Crippen molar-refractivity contribution < 1.29 is 9.53 Å². The second-order valence-electron chi connectivity index (χ2n) is 8.31. The number of carbonyl (C=O) groups excluding carboxylic acids is 1. The zero-order chi connectivity index (χ0) is 21.8. The Balaban J connectivity index is 1.24. The van der Waals surface area contributed by atoms with E-state index in [1.54, 1.807) is 24.2 Å². The topological polar surface area (TPSA) is 45.7 Å². The number of hydrogen-bond acceptors (Lipinski definition) is 5. The number of rotatable bonds is 5. The van der Waals surface area contributed by atoms with Crippen LogP contribution in [0, 0.1) is 0 Å². The Morgan fingerprint density at radius 3 is 2.69 bits per heavy atom. The first-order valence-corrected chi connectivity index (χ1v) is 12.1. The maximum Gasteiger partial charge on any atom is 0.233 e. The Morgan fingerprint density at radius 2 is 1.81 bits per heavy atom. The Bertz CT molecular complexity index is 1090. The maximum absolute atomic E-state index is 12.9. The highest BCUT2D eigenvalue weighted by atomic mass is 32.2. The molecule has 0 N–H and O–H groups in total. The fraction of sp³-hybridized carbons (Fsp3) is 0.308. The molecule has 0 unspecified atom stereocenters. The van der Waals surface area contributed by atoms with Crippen LogP contribution in [0.25, 0.3) is 0 Å². The van der Waals surface area contributed by atoms with Gasteiger partial charge in [0.2, 0.25) is 5.91 Å². The van der Waals surface area contributed by atoms with E-state index in [4.69, 9.17) is 4.74 Å². The molecule has 0 fully saturated rings. The lowest BCUT2D eigenvalue weighted by molar-refractivity contribution is -0.129. The molecule has 5 rings (SSSR count). The molecule has 1 aromatic heterocycles. The van der Waals surface area contributed by atoms with Crippen molar-refractivity contribution in [3.05, 3.63) is 89.2 Å². The molecule has 0 saturated carbocycles. The molecule has 3 aromatic rings. The molecule has 3 heterocycles. The molecule has 0 saturated heterocycles. The molecule has 2 aliphatic heterocycles. The van der Waals surface area contributed by atoms with Crippen LogP contribution in [0.15, 0.2) is 71.9 Å². The van der Waals surface area contributed by atoms with Gasteiger partial charge in [-0.05, 0) is 47.4 Å². The van der Waals surface area contributed by atoms with Crippen LogP contribution in [-0.2, 0) is 30.8 Å². The molecule has 1 amide bonds. The summed E-state index contributed by atoms with van der Waals surface area (Å²) in [4.78, 5) is 22.4. The van der Waals surface area contributed by atoms with E-state index in [1.165, 1.54) is 16.7 Å². The van der Waals surface area contributed by atoms with Gasteiger partial charge in [0, 0.05) is 49.0 Å². The van der Waals surface area contributed by atoms with Crippen molar-refractivity contribution in [3.8, 4) is 5.75 Å². The Morgan fingerprint density at radius 1 is 0.969 bits per heavy atom. The molecule has 5 nitrogen and oxygen atoms in total. The predicted molar refractivity (Wildman–Crippen MR) is 127 cm³/mol. The quantitative estimate of drug-likeness (QED) is 0.552. The van der Waals surface area contributed by atoms with Gasteiger partial charge in [-0.1, -0.05) is 30.3 Å². The van der Waals surface area contributed by atoms with Gasteiger partial charge in [-0.3, -0.25) is 14.7 Å². The van der Waals surface area contributed by atoms with Crippen LogP contribution < -0.4 is 4.74 Å². The fourth-order valence-electron chi connectivity index (χ4n) is 4.38. The van der Waals surface area contributed by atoms with Gasteiger partial charge in [-0.2, -0.15) is 0 Å². The van der Waals surface area contributed by atoms with Crippen LogP contribution in [0.5, 0.6) is 5.75 Å². The molecule has 2 aliphatic rings. The van der Waals surface area contributed by atoms with E-state index in [2.05, 4.69) is 52.3 Å². The maximum atomic E-state index is 12.9. The number of thioether (sulfide) groups is 1. The second kappa shape index (κ2) is 9.76. The molecule has 2 aromatic carbocycles. The van der Waals surface area contributed by atoms with E-state index in [-0.39, 0.29) is 5.91 Å². The van der Waals surface area contributed by atoms with Crippen LogP contribution >= 0.6 is 11.8 Å². The minimum absolute atomic E-state index is 0.140. The number of aromatic nitrogens is 1. The number of fused-ring (bicyclic) bond motifs is 2. The number of benzene rings is 2. The third-order valence-electron chi connectivity index (χ3n) is 6.09. The summed E-state index contributed by atoms with van der Waals surface area (Å²) in [5.41, 5.74) is 5.27. The predicted octanol–water partition coefficient (Wildman–Crippen LogP) is 4.15. The fourth-order valence-corrected chi connectivity index (χ4v) is 5.16. The molecule has 164 valence electrons. The van der Waals surface area contributed by atoms with Gasteiger partial charge < -0.3 is 9.64 Å². The van der Waals surface area contributed by atoms with Gasteiger partial charge in [0.05, 0.1) is 12.3 Å². The lowest BCUT2D eigenvalue weighted by Gasteiger charge is -2.29. The average Bonchev–Trinajstić information content (AvgIpc) is 3.05. The van der Waals surface area contributed by atoms with Crippen molar-refractivity contribution in [1.29, 1.82) is 0 Å². The van der Waals surface area contributed by atoms with E-state index in [1.807, 2.05) is 17.0 Å². The number of ether oxygens (including phenoxy) is 1. The van der Waals surface area contributed by atoms with Gasteiger partial charge in [0.1, 0.15) is 12.4 Å². The molecule has 0 spiro atoms. The lowest BCUT2D eigenvalue weighted by atomic mass is 9.99. The second-order valence-corrected chi connectivity index (χ2v) is 9.36. The number of hydrogen-bond donors (Lipinski definition) is 0. The number of pyridine rings is 1. The van der Waals surface area contributed by atoms with Gasteiger partial charge in [-0.25, -0.2) is 0 Å². The van der Waals surface area contributed by atoms with E-state index < -0.39 is 0 Å². The molecule has 0 aliphatic carbocycles. The summed E-state index contributed by atoms with van der Waals surface area (Å²) in [6.45, 7) is 4.71. The highest BCUT2D eigenvalue weighted by Crippen LogP contribution is 2.27. The molecular formula is C26H27N3O2S. The summed E-state index contributed by atoms with van der Waals surface area (Å²) in [7, 11) is 0. The first kappa shape index (κ1) is 21.0. The van der Waals surface area contributed by atoms with Crippen molar-refractivity contribution in [2.45, 2.75) is 31.0 Å². The molecule has 0 radical (unpaired) electrons. The summed E-state index contributed by atoms with van der Waals surface area (Å²) in [6, 6.07) is 19.1. The van der Waals surface area contributed by atoms with Gasteiger partial charge >= 0.3 is 0 Å². The van der Waals surface area contributed by atoms with Gasteiger partial charge in [-0.15, -0.1) is 11.8 Å². The largest absolute Gasteiger partial charge is 0.491 e. The average molecular weight is 446 g/mol. The number of amides is 1. The number of carbonyl (C=O) groups is 1. The summed E-state index contributed by atoms with van der Waals surface area (Å²) in [5, 5.41) is 0. The van der Waals surface area contributed by atoms with Gasteiger partial charge in [0.25, 0.3) is 0 Å². The lowest BCUT2D eigenvalue weighted by Crippen LogP contribution is -2.33. The monoisotopic (exact) mass is 445 g/mol. The van der Waals surface area contributed by atoms with E-state index in [0.717, 1.165) is 42.3 Å². The third kappa shape index (κ3) is 4.97. The summed E-state index contributed by atoms with van der Waals surface area (Å²) < 4.78 is 5.96. The van der Waals surface area contributed by atoms with Gasteiger partial charge in [0.15, 0.2) is 0 Å². The van der Waals surface area contributed by atoms with E-state index >= 15 is 0 Å². The smallest absolute Gasteiger partial charge is 0.233 e. The van der Waals surface area contributed by atoms with Crippen LogP contribution in [0.3, 0.4) is 0 Å². The van der Waals surface area contributed by atoms with Crippen LogP contribution in [-0.4, -0.2) is 46.1 Å². The highest BCUT2D eigenvalue weighted by molar-refractivity contribution is 8.00. The molecule has 6 heteroatoms. The Labute approximate surface area is 193 Å². The summed E-state index contributed by atoms with van der Waals surface area (Å²) >= 11 is 1.55. The Hall–Kier alpha value is -2.83. The van der Waals surface area contributed by atoms with Crippen LogP contribution in [0.4, 0.5) is 0 Å². The third-order valence-corrected chi connectivity index (χ3v) is 7.08. The zero-order valence-corrected chi connectivity index (χ0v) is 18.9. The SMILES string of the molecule is O=C(CSc1ccncc1)N1CCOc2ccc(CN3CCc4ccccc4C3)cc2C1. The van der Waals surface area contributed by atoms with Crippen LogP contribution in [0.2, 0.25) is 0 Å². The van der Waals surface area contributed by atoms with E-state index in [9.17, 15) is 4.79 Å². The first-order chi connectivity index (χ1) is 15.7. The highest BCUT2D eigenvalue weighted by Gasteiger charge is 2.21. The zero-order valence-electron chi connectivity index (χ0n) is 18.1. The summed E-state index contributed by atoms with van der Waals surface area (Å²) in [5.74, 6) is 1.46. The first-order valence-electron chi connectivity index (χ1n) is 11.1. The van der Waals surface area contributed by atoms with Crippen molar-refractivity contribution in [3.63, 3.8) is 0 Å². The minimum atomic E-state index is 0.140. The standard InChI is InChI=1S/C26H27N3O2S/c30-26(19-32-24-7-10-27-11-8-24)29-13-14-31-25-6-5-20(15-23(25)18-29)16-28-12-9-21-3-1-2-4-22(21)17-28/h1-8,10-11,15H,9,12-14,16-19H2. The summed E-state index contributed by atoms with van der Waals surface area (Å²) in [6.07, 6.45) is 4.61. The molecule has 0 bridgehead atoms. The molecule has 32 heavy (non-hydrogen) atoms. The molecule has 0 atom stereocenters.